The minimum Gasteiger partial charge on any atom is -0.497 e. The van der Waals surface area contributed by atoms with E-state index < -0.39 is 10.0 Å². The van der Waals surface area contributed by atoms with Gasteiger partial charge in [0, 0.05) is 25.6 Å². The predicted octanol–water partition coefficient (Wildman–Crippen LogP) is 2.40. The molecule has 0 atom stereocenters. The number of carbonyl (C=O) groups excluding carboxylic acids is 1. The summed E-state index contributed by atoms with van der Waals surface area (Å²) in [6.07, 6.45) is 4.35. The zero-order chi connectivity index (χ0) is 18.3. The number of nitrogens with zero attached hydrogens (tertiary/aromatic N) is 1. The third kappa shape index (κ3) is 5.19. The summed E-state index contributed by atoms with van der Waals surface area (Å²) in [6.45, 7) is 3.58. The minimum atomic E-state index is -3.51. The van der Waals surface area contributed by atoms with Crippen molar-refractivity contribution in [2.75, 3.05) is 26.7 Å². The summed E-state index contributed by atoms with van der Waals surface area (Å²) in [6, 6.07) is 6.40. The van der Waals surface area contributed by atoms with E-state index in [0.29, 0.717) is 38.2 Å². The Morgan fingerprint density at radius 3 is 2.40 bits per heavy atom. The smallest absolute Gasteiger partial charge is 0.243 e. The zero-order valence-corrected chi connectivity index (χ0v) is 15.8. The van der Waals surface area contributed by atoms with Crippen molar-refractivity contribution in [3.05, 3.63) is 24.3 Å². The Bertz CT molecular complexity index is 650. The van der Waals surface area contributed by atoms with E-state index in [9.17, 15) is 13.2 Å². The van der Waals surface area contributed by atoms with E-state index in [1.807, 2.05) is 0 Å². The Morgan fingerprint density at radius 1 is 1.20 bits per heavy atom. The Morgan fingerprint density at radius 2 is 1.84 bits per heavy atom. The Hall–Kier alpha value is -1.60. The largest absolute Gasteiger partial charge is 0.497 e. The van der Waals surface area contributed by atoms with E-state index in [1.54, 1.807) is 31.4 Å². The average molecular weight is 368 g/mol. The first-order valence-corrected chi connectivity index (χ1v) is 10.3. The molecule has 1 N–H and O–H groups in total. The second-order valence-corrected chi connectivity index (χ2v) is 8.29. The third-order valence-electron chi connectivity index (χ3n) is 4.60. The van der Waals surface area contributed by atoms with Gasteiger partial charge in [-0.25, -0.2) is 8.42 Å². The summed E-state index contributed by atoms with van der Waals surface area (Å²) in [5, 5.41) is 2.96. The lowest BCUT2D eigenvalue weighted by atomic mass is 9.97. The van der Waals surface area contributed by atoms with Gasteiger partial charge in [-0.1, -0.05) is 19.8 Å². The maximum absolute atomic E-state index is 12.7. The molecule has 0 aliphatic carbocycles. The van der Waals surface area contributed by atoms with E-state index in [1.165, 1.54) is 4.31 Å². The van der Waals surface area contributed by atoms with Crippen LogP contribution in [-0.4, -0.2) is 45.4 Å². The molecule has 1 heterocycles. The molecule has 0 aromatic heterocycles. The highest BCUT2D eigenvalue weighted by atomic mass is 32.2. The van der Waals surface area contributed by atoms with E-state index in [2.05, 4.69) is 12.2 Å². The molecular weight excluding hydrogens is 340 g/mol. The van der Waals surface area contributed by atoms with Gasteiger partial charge in [-0.2, -0.15) is 4.31 Å². The van der Waals surface area contributed by atoms with Gasteiger partial charge in [-0.3, -0.25) is 4.79 Å². The van der Waals surface area contributed by atoms with E-state index in [-0.39, 0.29) is 16.7 Å². The second kappa shape index (κ2) is 9.20. The first kappa shape index (κ1) is 19.7. The number of piperidine rings is 1. The number of rotatable bonds is 8. The van der Waals surface area contributed by atoms with E-state index in [4.69, 9.17) is 4.74 Å². The van der Waals surface area contributed by atoms with Crippen molar-refractivity contribution in [3.8, 4) is 5.75 Å². The Kier molecular flexibility index (Phi) is 7.25. The maximum Gasteiger partial charge on any atom is 0.243 e. The number of hydrogen-bond donors (Lipinski definition) is 1. The molecule has 0 bridgehead atoms. The van der Waals surface area contributed by atoms with Crippen LogP contribution < -0.4 is 10.1 Å². The molecule has 25 heavy (non-hydrogen) atoms. The molecule has 0 radical (unpaired) electrons. The lowest BCUT2D eigenvalue weighted by Gasteiger charge is -2.30. The lowest BCUT2D eigenvalue weighted by molar-refractivity contribution is -0.126. The zero-order valence-electron chi connectivity index (χ0n) is 15.0. The summed E-state index contributed by atoms with van der Waals surface area (Å²) in [4.78, 5) is 12.4. The molecule has 140 valence electrons. The van der Waals surface area contributed by atoms with Gasteiger partial charge in [0.2, 0.25) is 15.9 Å². The van der Waals surface area contributed by atoms with Crippen LogP contribution in [0.3, 0.4) is 0 Å². The molecule has 1 aliphatic heterocycles. The van der Waals surface area contributed by atoms with E-state index >= 15 is 0 Å². The van der Waals surface area contributed by atoms with Crippen molar-refractivity contribution in [2.45, 2.75) is 43.9 Å². The molecule has 2 rings (SSSR count). The van der Waals surface area contributed by atoms with Crippen LogP contribution in [0.5, 0.6) is 5.75 Å². The fourth-order valence-corrected chi connectivity index (χ4v) is 4.46. The predicted molar refractivity (Wildman–Crippen MR) is 97.0 cm³/mol. The normalized spacial score (nSPS) is 16.6. The number of nitrogens with one attached hydrogen (secondary N) is 1. The molecular formula is C18H28N2O4S. The quantitative estimate of drug-likeness (QED) is 0.715. The van der Waals surface area contributed by atoms with Crippen molar-refractivity contribution in [1.82, 2.24) is 9.62 Å². The van der Waals surface area contributed by atoms with Crippen LogP contribution in [-0.2, 0) is 14.8 Å². The number of hydrogen-bond acceptors (Lipinski definition) is 4. The van der Waals surface area contributed by atoms with Gasteiger partial charge in [0.25, 0.3) is 0 Å². The van der Waals surface area contributed by atoms with Crippen LogP contribution in [0.1, 0.15) is 39.0 Å². The number of methoxy groups -OCH3 is 1. The fraction of sp³-hybridized carbons (Fsp3) is 0.611. The first-order valence-electron chi connectivity index (χ1n) is 8.91. The number of ether oxygens (including phenoxy) is 1. The summed E-state index contributed by atoms with van der Waals surface area (Å²) in [7, 11) is -1.97. The van der Waals surface area contributed by atoms with Gasteiger partial charge >= 0.3 is 0 Å². The lowest BCUT2D eigenvalue weighted by Crippen LogP contribution is -2.43. The topological polar surface area (TPSA) is 75.7 Å². The van der Waals surface area contributed by atoms with Crippen molar-refractivity contribution in [3.63, 3.8) is 0 Å². The van der Waals surface area contributed by atoms with Crippen LogP contribution >= 0.6 is 0 Å². The first-order chi connectivity index (χ1) is 12.0. The molecule has 1 amide bonds. The molecule has 6 nitrogen and oxygen atoms in total. The number of amides is 1. The summed E-state index contributed by atoms with van der Waals surface area (Å²) < 4.78 is 31.9. The van der Waals surface area contributed by atoms with Gasteiger partial charge < -0.3 is 10.1 Å². The van der Waals surface area contributed by atoms with Gasteiger partial charge in [0.15, 0.2) is 0 Å². The molecule has 1 saturated heterocycles. The molecule has 1 fully saturated rings. The number of unbranched alkanes of at least 4 members (excludes halogenated alkanes) is 2. The summed E-state index contributed by atoms with van der Waals surface area (Å²) in [5.74, 6) is 0.582. The van der Waals surface area contributed by atoms with Crippen LogP contribution in [0.15, 0.2) is 29.2 Å². The highest BCUT2D eigenvalue weighted by Crippen LogP contribution is 2.25. The number of benzene rings is 1. The SMILES string of the molecule is CCCCCNC(=O)C1CCN(S(=O)(=O)c2ccc(OC)cc2)CC1. The Balaban J connectivity index is 1.88. The average Bonchev–Trinajstić information content (AvgIpc) is 2.65. The minimum absolute atomic E-state index is 0.0533. The number of carbonyl (C=O) groups is 1. The second-order valence-electron chi connectivity index (χ2n) is 6.35. The van der Waals surface area contributed by atoms with Crippen LogP contribution in [0.25, 0.3) is 0 Å². The van der Waals surface area contributed by atoms with Gasteiger partial charge in [-0.15, -0.1) is 0 Å². The summed E-state index contributed by atoms with van der Waals surface area (Å²) in [5.41, 5.74) is 0. The van der Waals surface area contributed by atoms with E-state index in [0.717, 1.165) is 19.3 Å². The van der Waals surface area contributed by atoms with Crippen molar-refractivity contribution >= 4 is 15.9 Å². The van der Waals surface area contributed by atoms with Gasteiger partial charge in [-0.05, 0) is 43.5 Å². The summed E-state index contributed by atoms with van der Waals surface area (Å²) >= 11 is 0. The van der Waals surface area contributed by atoms with Crippen LogP contribution in [0.4, 0.5) is 0 Å². The van der Waals surface area contributed by atoms with Gasteiger partial charge in [0.1, 0.15) is 5.75 Å². The standard InChI is InChI=1S/C18H28N2O4S/c1-3-4-5-12-19-18(21)15-10-13-20(14-11-15)25(22,23)17-8-6-16(24-2)7-9-17/h6-9,15H,3-5,10-14H2,1-2H3,(H,19,21). The molecule has 1 aromatic carbocycles. The fourth-order valence-electron chi connectivity index (χ4n) is 2.99. The van der Waals surface area contributed by atoms with Gasteiger partial charge in [0.05, 0.1) is 12.0 Å². The monoisotopic (exact) mass is 368 g/mol. The Labute approximate surface area is 150 Å². The molecule has 1 aromatic rings. The van der Waals surface area contributed by atoms with Crippen molar-refractivity contribution in [1.29, 1.82) is 0 Å². The van der Waals surface area contributed by atoms with Crippen molar-refractivity contribution in [2.24, 2.45) is 5.92 Å². The molecule has 0 saturated carbocycles. The molecule has 0 spiro atoms. The highest BCUT2D eigenvalue weighted by Gasteiger charge is 2.31. The van der Waals surface area contributed by atoms with Crippen LogP contribution in [0, 0.1) is 5.92 Å². The third-order valence-corrected chi connectivity index (χ3v) is 6.51. The number of sulfonamides is 1. The maximum atomic E-state index is 12.7. The highest BCUT2D eigenvalue weighted by molar-refractivity contribution is 7.89. The molecule has 0 unspecified atom stereocenters. The molecule has 1 aliphatic rings. The molecule has 7 heteroatoms. The van der Waals surface area contributed by atoms with Crippen LogP contribution in [0.2, 0.25) is 0 Å². The van der Waals surface area contributed by atoms with Crippen molar-refractivity contribution < 1.29 is 17.9 Å².